The molecule has 0 aliphatic carbocycles. The second kappa shape index (κ2) is 4.93. The van der Waals surface area contributed by atoms with Crippen molar-refractivity contribution in [1.29, 1.82) is 0 Å². The molecule has 0 bridgehead atoms. The van der Waals surface area contributed by atoms with Crippen LogP contribution in [0.15, 0.2) is 42.5 Å². The molecule has 2 aromatic rings. The highest BCUT2D eigenvalue weighted by Gasteiger charge is 2.02. The highest BCUT2D eigenvalue weighted by Crippen LogP contribution is 2.26. The summed E-state index contributed by atoms with van der Waals surface area (Å²) in [7, 11) is 0. The van der Waals surface area contributed by atoms with Crippen molar-refractivity contribution in [3.05, 3.63) is 58.6 Å². The summed E-state index contributed by atoms with van der Waals surface area (Å²) >= 11 is 6.15. The van der Waals surface area contributed by atoms with Gasteiger partial charge in [-0.05, 0) is 41.2 Å². The highest BCUT2D eigenvalue weighted by molar-refractivity contribution is 6.31. The molecule has 0 radical (unpaired) electrons. The lowest BCUT2D eigenvalue weighted by molar-refractivity contribution is 0.867. The smallest absolute Gasteiger partial charge is 0.0441 e. The molecule has 0 fully saturated rings. The summed E-state index contributed by atoms with van der Waals surface area (Å²) < 4.78 is 0. The van der Waals surface area contributed by atoms with E-state index in [0.29, 0.717) is 5.92 Å². The van der Waals surface area contributed by atoms with E-state index in [1.807, 2.05) is 13.0 Å². The molecule has 17 heavy (non-hydrogen) atoms. The van der Waals surface area contributed by atoms with Crippen LogP contribution in [0.5, 0.6) is 0 Å². The summed E-state index contributed by atoms with van der Waals surface area (Å²) in [6.45, 7) is 6.43. The van der Waals surface area contributed by atoms with Crippen LogP contribution in [0.4, 0.5) is 0 Å². The van der Waals surface area contributed by atoms with Crippen LogP contribution in [0, 0.1) is 6.92 Å². The number of aryl methyl sites for hydroxylation is 1. The fourth-order valence-corrected chi connectivity index (χ4v) is 2.01. The minimum Gasteiger partial charge on any atom is -0.0840 e. The first kappa shape index (κ1) is 12.2. The first-order valence-electron chi connectivity index (χ1n) is 5.94. The van der Waals surface area contributed by atoms with Gasteiger partial charge in [0.2, 0.25) is 0 Å². The monoisotopic (exact) mass is 244 g/mol. The molecule has 2 aromatic carbocycles. The third kappa shape index (κ3) is 2.70. The lowest BCUT2D eigenvalue weighted by Crippen LogP contribution is -1.87. The molecule has 0 atom stereocenters. The molecule has 0 spiro atoms. The maximum Gasteiger partial charge on any atom is 0.0441 e. The van der Waals surface area contributed by atoms with Gasteiger partial charge in [0.1, 0.15) is 0 Å². The van der Waals surface area contributed by atoms with Crippen molar-refractivity contribution in [3.63, 3.8) is 0 Å². The topological polar surface area (TPSA) is 0 Å². The second-order valence-corrected chi connectivity index (χ2v) is 5.15. The quantitative estimate of drug-likeness (QED) is 0.660. The second-order valence-electron chi connectivity index (χ2n) is 4.74. The largest absolute Gasteiger partial charge is 0.0840 e. The molecule has 0 heterocycles. The molecule has 1 heteroatoms. The maximum absolute atomic E-state index is 6.15. The highest BCUT2D eigenvalue weighted by atomic mass is 35.5. The Morgan fingerprint density at radius 1 is 0.882 bits per heavy atom. The van der Waals surface area contributed by atoms with Crippen LogP contribution >= 0.6 is 11.6 Å². The fourth-order valence-electron chi connectivity index (χ4n) is 1.83. The van der Waals surface area contributed by atoms with Crippen LogP contribution in [0.1, 0.15) is 30.9 Å². The summed E-state index contributed by atoms with van der Waals surface area (Å²) in [4.78, 5) is 0. The van der Waals surface area contributed by atoms with Crippen molar-refractivity contribution in [2.75, 3.05) is 0 Å². The van der Waals surface area contributed by atoms with Crippen LogP contribution in [-0.4, -0.2) is 0 Å². The lowest BCUT2D eigenvalue weighted by Gasteiger charge is -2.08. The Morgan fingerprint density at radius 2 is 1.47 bits per heavy atom. The van der Waals surface area contributed by atoms with E-state index < -0.39 is 0 Å². The molecule has 2 rings (SSSR count). The SMILES string of the molecule is Cc1ccc(-c2ccc(C(C)C)cc2)cc1Cl. The van der Waals surface area contributed by atoms with E-state index in [1.165, 1.54) is 16.7 Å². The van der Waals surface area contributed by atoms with Crippen molar-refractivity contribution in [2.24, 2.45) is 0 Å². The van der Waals surface area contributed by atoms with Gasteiger partial charge in [-0.15, -0.1) is 0 Å². The van der Waals surface area contributed by atoms with Crippen molar-refractivity contribution >= 4 is 11.6 Å². The van der Waals surface area contributed by atoms with E-state index in [4.69, 9.17) is 11.6 Å². The van der Waals surface area contributed by atoms with E-state index in [1.54, 1.807) is 0 Å². The predicted octanol–water partition coefficient (Wildman–Crippen LogP) is 5.44. The fraction of sp³-hybridized carbons (Fsp3) is 0.250. The third-order valence-electron chi connectivity index (χ3n) is 3.08. The zero-order valence-electron chi connectivity index (χ0n) is 10.5. The Balaban J connectivity index is 2.36. The molecule has 0 unspecified atom stereocenters. The van der Waals surface area contributed by atoms with E-state index in [0.717, 1.165) is 10.6 Å². The molecule has 0 N–H and O–H groups in total. The zero-order chi connectivity index (χ0) is 12.4. The van der Waals surface area contributed by atoms with Crippen LogP contribution in [0.2, 0.25) is 5.02 Å². The van der Waals surface area contributed by atoms with Gasteiger partial charge < -0.3 is 0 Å². The Kier molecular flexibility index (Phi) is 3.54. The van der Waals surface area contributed by atoms with E-state index >= 15 is 0 Å². The summed E-state index contributed by atoms with van der Waals surface area (Å²) in [5.41, 5.74) is 4.88. The number of hydrogen-bond acceptors (Lipinski definition) is 0. The van der Waals surface area contributed by atoms with Gasteiger partial charge in [-0.25, -0.2) is 0 Å². The van der Waals surface area contributed by atoms with Crippen molar-refractivity contribution in [1.82, 2.24) is 0 Å². The molecule has 0 saturated heterocycles. The number of halogens is 1. The van der Waals surface area contributed by atoms with Gasteiger partial charge in [-0.1, -0.05) is 61.8 Å². The standard InChI is InChI=1S/C16H17Cl/c1-11(2)13-6-8-14(9-7-13)15-5-4-12(3)16(17)10-15/h4-11H,1-3H3. The van der Waals surface area contributed by atoms with Crippen LogP contribution in [-0.2, 0) is 0 Å². The van der Waals surface area contributed by atoms with Gasteiger partial charge in [0, 0.05) is 5.02 Å². The van der Waals surface area contributed by atoms with Crippen molar-refractivity contribution in [3.8, 4) is 11.1 Å². The van der Waals surface area contributed by atoms with Crippen LogP contribution in [0.3, 0.4) is 0 Å². The predicted molar refractivity (Wildman–Crippen MR) is 75.7 cm³/mol. The summed E-state index contributed by atoms with van der Waals surface area (Å²) in [6, 6.07) is 14.9. The Hall–Kier alpha value is -1.27. The molecular weight excluding hydrogens is 228 g/mol. The van der Waals surface area contributed by atoms with Gasteiger partial charge in [-0.2, -0.15) is 0 Å². The average Bonchev–Trinajstić information content (AvgIpc) is 2.33. The minimum atomic E-state index is 0.575. The van der Waals surface area contributed by atoms with E-state index in [-0.39, 0.29) is 0 Å². The van der Waals surface area contributed by atoms with Gasteiger partial charge in [-0.3, -0.25) is 0 Å². The molecular formula is C16H17Cl. The zero-order valence-corrected chi connectivity index (χ0v) is 11.3. The molecule has 0 saturated carbocycles. The van der Waals surface area contributed by atoms with Crippen LogP contribution in [0.25, 0.3) is 11.1 Å². The number of hydrogen-bond donors (Lipinski definition) is 0. The molecule has 0 aromatic heterocycles. The molecule has 0 aliphatic heterocycles. The molecule has 88 valence electrons. The van der Waals surface area contributed by atoms with Gasteiger partial charge >= 0.3 is 0 Å². The molecule has 0 nitrogen and oxygen atoms in total. The summed E-state index contributed by atoms with van der Waals surface area (Å²) in [5, 5.41) is 0.829. The average molecular weight is 245 g/mol. The van der Waals surface area contributed by atoms with E-state index in [9.17, 15) is 0 Å². The van der Waals surface area contributed by atoms with Gasteiger partial charge in [0.25, 0.3) is 0 Å². The summed E-state index contributed by atoms with van der Waals surface area (Å²) in [6.07, 6.45) is 0. The number of benzene rings is 2. The van der Waals surface area contributed by atoms with Crippen molar-refractivity contribution in [2.45, 2.75) is 26.7 Å². The normalized spacial score (nSPS) is 10.9. The van der Waals surface area contributed by atoms with E-state index in [2.05, 4.69) is 50.2 Å². The Morgan fingerprint density at radius 3 is 2.00 bits per heavy atom. The number of rotatable bonds is 2. The third-order valence-corrected chi connectivity index (χ3v) is 3.49. The first-order chi connectivity index (χ1) is 8.08. The van der Waals surface area contributed by atoms with Crippen LogP contribution < -0.4 is 0 Å². The Labute approximate surface area is 108 Å². The van der Waals surface area contributed by atoms with Gasteiger partial charge in [0.15, 0.2) is 0 Å². The minimum absolute atomic E-state index is 0.575. The van der Waals surface area contributed by atoms with Crippen molar-refractivity contribution < 1.29 is 0 Å². The Bertz CT molecular complexity index is 510. The summed E-state index contributed by atoms with van der Waals surface area (Å²) in [5.74, 6) is 0.575. The lowest BCUT2D eigenvalue weighted by atomic mass is 9.98. The van der Waals surface area contributed by atoms with Gasteiger partial charge in [0.05, 0.1) is 0 Å². The maximum atomic E-state index is 6.15. The first-order valence-corrected chi connectivity index (χ1v) is 6.32. The molecule has 0 amide bonds. The molecule has 0 aliphatic rings.